The second kappa shape index (κ2) is 6.99. The number of amides is 1. The average molecular weight is 325 g/mol. The van der Waals surface area contributed by atoms with Crippen LogP contribution in [0.2, 0.25) is 5.02 Å². The molecule has 0 spiro atoms. The number of carbonyl (C=O) groups excluding carboxylic acids is 1. The molecule has 0 saturated carbocycles. The monoisotopic (exact) mass is 324 g/mol. The number of nitrogens with zero attached hydrogens (tertiary/aromatic N) is 1. The molecule has 4 nitrogen and oxygen atoms in total. The molecule has 0 atom stereocenters. The van der Waals surface area contributed by atoms with Gasteiger partial charge in [-0.3, -0.25) is 4.79 Å². The minimum atomic E-state index is -0.276. The van der Waals surface area contributed by atoms with E-state index in [0.29, 0.717) is 29.7 Å². The van der Waals surface area contributed by atoms with E-state index >= 15 is 0 Å². The number of likely N-dealkylation sites (tertiary alicyclic amines) is 1. The Morgan fingerprint density at radius 2 is 2.05 bits per heavy atom. The molecule has 5 heteroatoms. The van der Waals surface area contributed by atoms with Crippen LogP contribution < -0.4 is 5.32 Å². The fourth-order valence-electron chi connectivity index (χ4n) is 3.06. The Bertz CT molecular complexity index is 537. The number of rotatable bonds is 4. The van der Waals surface area contributed by atoms with E-state index < -0.39 is 0 Å². The fourth-order valence-corrected chi connectivity index (χ4v) is 3.38. The minimum absolute atomic E-state index is 0.0268. The van der Waals surface area contributed by atoms with E-state index in [-0.39, 0.29) is 18.1 Å². The quantitative estimate of drug-likeness (QED) is 0.895. The number of aliphatic hydroxyl groups is 1. The molecule has 1 aromatic carbocycles. The first-order valence-corrected chi connectivity index (χ1v) is 8.19. The number of hydrogen-bond donors (Lipinski definition) is 2. The molecular formula is C17H25ClN2O2. The zero-order chi connectivity index (χ0) is 16.3. The van der Waals surface area contributed by atoms with Crippen LogP contribution in [0.15, 0.2) is 18.2 Å². The molecule has 1 aliphatic heterocycles. The lowest BCUT2D eigenvalue weighted by molar-refractivity contribution is 0.0511. The third-order valence-corrected chi connectivity index (χ3v) is 4.57. The van der Waals surface area contributed by atoms with Crippen LogP contribution in [0.3, 0.4) is 0 Å². The third kappa shape index (κ3) is 3.80. The predicted octanol–water partition coefficient (Wildman–Crippen LogP) is 2.61. The summed E-state index contributed by atoms with van der Waals surface area (Å²) in [6, 6.07) is 5.82. The van der Waals surface area contributed by atoms with Gasteiger partial charge < -0.3 is 15.3 Å². The van der Waals surface area contributed by atoms with Crippen molar-refractivity contribution in [1.29, 1.82) is 0 Å². The van der Waals surface area contributed by atoms with Crippen LogP contribution in [0, 0.1) is 6.92 Å². The SMILES string of the molecule is Cc1ccc(C(=O)N2CCC(CO)(NC(C)C)CC2)c(Cl)c1. The van der Waals surface area contributed by atoms with Crippen LogP contribution in [-0.2, 0) is 0 Å². The van der Waals surface area contributed by atoms with Gasteiger partial charge in [-0.15, -0.1) is 0 Å². The molecule has 0 radical (unpaired) electrons. The summed E-state index contributed by atoms with van der Waals surface area (Å²) < 4.78 is 0. The Labute approximate surface area is 137 Å². The number of nitrogens with one attached hydrogen (secondary N) is 1. The molecule has 1 fully saturated rings. The average Bonchev–Trinajstić information content (AvgIpc) is 2.46. The Kier molecular flexibility index (Phi) is 5.48. The van der Waals surface area contributed by atoms with Crippen LogP contribution in [0.1, 0.15) is 42.6 Å². The molecule has 0 aliphatic carbocycles. The molecule has 0 aromatic heterocycles. The lowest BCUT2D eigenvalue weighted by Crippen LogP contribution is -2.58. The van der Waals surface area contributed by atoms with Gasteiger partial charge in [-0.25, -0.2) is 0 Å². The third-order valence-electron chi connectivity index (χ3n) is 4.26. The van der Waals surface area contributed by atoms with Crippen molar-refractivity contribution < 1.29 is 9.90 Å². The lowest BCUT2D eigenvalue weighted by Gasteiger charge is -2.42. The smallest absolute Gasteiger partial charge is 0.255 e. The van der Waals surface area contributed by atoms with E-state index in [1.54, 1.807) is 6.07 Å². The molecule has 122 valence electrons. The lowest BCUT2D eigenvalue weighted by atomic mass is 9.87. The van der Waals surface area contributed by atoms with Crippen LogP contribution >= 0.6 is 11.6 Å². The van der Waals surface area contributed by atoms with Gasteiger partial charge in [-0.1, -0.05) is 31.5 Å². The molecule has 22 heavy (non-hydrogen) atoms. The van der Waals surface area contributed by atoms with Crippen molar-refractivity contribution in [2.75, 3.05) is 19.7 Å². The second-order valence-electron chi connectivity index (χ2n) is 6.51. The molecule has 2 N–H and O–H groups in total. The topological polar surface area (TPSA) is 52.6 Å². The van der Waals surface area contributed by atoms with Crippen LogP contribution in [-0.4, -0.2) is 47.2 Å². The zero-order valence-corrected chi connectivity index (χ0v) is 14.3. The molecule has 2 rings (SSSR count). The summed E-state index contributed by atoms with van der Waals surface area (Å²) in [5.41, 5.74) is 1.32. The van der Waals surface area contributed by atoms with Gasteiger partial charge in [0.25, 0.3) is 5.91 Å². The number of aryl methyl sites for hydroxylation is 1. The number of aliphatic hydroxyl groups excluding tert-OH is 1. The number of hydrogen-bond acceptors (Lipinski definition) is 3. The Morgan fingerprint density at radius 3 is 2.55 bits per heavy atom. The zero-order valence-electron chi connectivity index (χ0n) is 13.5. The van der Waals surface area contributed by atoms with Gasteiger partial charge in [0.2, 0.25) is 0 Å². The first kappa shape index (κ1) is 17.3. The maximum absolute atomic E-state index is 12.6. The van der Waals surface area contributed by atoms with E-state index in [2.05, 4.69) is 19.2 Å². The van der Waals surface area contributed by atoms with E-state index in [1.165, 1.54) is 0 Å². The first-order valence-electron chi connectivity index (χ1n) is 7.81. The fraction of sp³-hybridized carbons (Fsp3) is 0.588. The Hall–Kier alpha value is -1.10. The summed E-state index contributed by atoms with van der Waals surface area (Å²) in [7, 11) is 0. The summed E-state index contributed by atoms with van der Waals surface area (Å²) in [5, 5.41) is 13.7. The van der Waals surface area contributed by atoms with Crippen LogP contribution in [0.25, 0.3) is 0 Å². The molecular weight excluding hydrogens is 300 g/mol. The number of halogens is 1. The summed E-state index contributed by atoms with van der Waals surface area (Å²) in [5.74, 6) is -0.0268. The summed E-state index contributed by atoms with van der Waals surface area (Å²) in [6.07, 6.45) is 1.49. The molecule has 1 saturated heterocycles. The molecule has 1 amide bonds. The molecule has 0 unspecified atom stereocenters. The van der Waals surface area contributed by atoms with Crippen molar-refractivity contribution in [2.45, 2.75) is 45.2 Å². The number of benzene rings is 1. The van der Waals surface area contributed by atoms with E-state index in [9.17, 15) is 9.90 Å². The maximum atomic E-state index is 12.6. The van der Waals surface area contributed by atoms with Gasteiger partial charge in [-0.2, -0.15) is 0 Å². The van der Waals surface area contributed by atoms with Gasteiger partial charge >= 0.3 is 0 Å². The van der Waals surface area contributed by atoms with Gasteiger partial charge in [0.1, 0.15) is 0 Å². The van der Waals surface area contributed by atoms with Crippen molar-refractivity contribution in [3.8, 4) is 0 Å². The van der Waals surface area contributed by atoms with Gasteiger partial charge in [0.15, 0.2) is 0 Å². The normalized spacial score (nSPS) is 17.8. The van der Waals surface area contributed by atoms with Crippen LogP contribution in [0.4, 0.5) is 0 Å². The highest BCUT2D eigenvalue weighted by molar-refractivity contribution is 6.33. The highest BCUT2D eigenvalue weighted by Crippen LogP contribution is 2.26. The summed E-state index contributed by atoms with van der Waals surface area (Å²) in [4.78, 5) is 14.4. The molecule has 1 aromatic rings. The van der Waals surface area contributed by atoms with E-state index in [0.717, 1.165) is 18.4 Å². The van der Waals surface area contributed by atoms with E-state index in [1.807, 2.05) is 24.0 Å². The maximum Gasteiger partial charge on any atom is 0.255 e. The number of piperidine rings is 1. The van der Waals surface area contributed by atoms with Crippen LogP contribution in [0.5, 0.6) is 0 Å². The van der Waals surface area contributed by atoms with Crippen molar-refractivity contribution in [3.63, 3.8) is 0 Å². The van der Waals surface area contributed by atoms with Crippen molar-refractivity contribution >= 4 is 17.5 Å². The van der Waals surface area contributed by atoms with E-state index in [4.69, 9.17) is 11.6 Å². The molecule has 1 heterocycles. The summed E-state index contributed by atoms with van der Waals surface area (Å²) in [6.45, 7) is 7.45. The van der Waals surface area contributed by atoms with Crippen molar-refractivity contribution in [1.82, 2.24) is 10.2 Å². The van der Waals surface area contributed by atoms with Crippen molar-refractivity contribution in [2.24, 2.45) is 0 Å². The van der Waals surface area contributed by atoms with Gasteiger partial charge in [-0.05, 0) is 37.5 Å². The molecule has 1 aliphatic rings. The van der Waals surface area contributed by atoms with Gasteiger partial charge in [0.05, 0.1) is 17.2 Å². The summed E-state index contributed by atoms with van der Waals surface area (Å²) >= 11 is 6.20. The first-order chi connectivity index (χ1) is 10.4. The predicted molar refractivity (Wildman–Crippen MR) is 89.4 cm³/mol. The Balaban J connectivity index is 2.06. The Morgan fingerprint density at radius 1 is 1.41 bits per heavy atom. The van der Waals surface area contributed by atoms with Gasteiger partial charge in [0, 0.05) is 24.7 Å². The second-order valence-corrected chi connectivity index (χ2v) is 6.92. The minimum Gasteiger partial charge on any atom is -0.394 e. The standard InChI is InChI=1S/C17H25ClN2O2/c1-12(2)19-17(11-21)6-8-20(9-7-17)16(22)14-5-4-13(3)10-15(14)18/h4-5,10,12,19,21H,6-9,11H2,1-3H3. The highest BCUT2D eigenvalue weighted by atomic mass is 35.5. The number of carbonyl (C=O) groups is 1. The van der Waals surface area contributed by atoms with Crippen molar-refractivity contribution in [3.05, 3.63) is 34.3 Å². The largest absolute Gasteiger partial charge is 0.394 e. The highest BCUT2D eigenvalue weighted by Gasteiger charge is 2.36. The molecule has 0 bridgehead atoms.